The Morgan fingerprint density at radius 2 is 2.00 bits per heavy atom. The zero-order valence-electron chi connectivity index (χ0n) is 8.11. The summed E-state index contributed by atoms with van der Waals surface area (Å²) >= 11 is 0. The molecule has 2 atom stereocenters. The Labute approximate surface area is 86.1 Å². The van der Waals surface area contributed by atoms with Crippen molar-refractivity contribution in [2.75, 3.05) is 19.4 Å². The molecule has 0 bridgehead atoms. The van der Waals surface area contributed by atoms with Gasteiger partial charge in [0.05, 0.1) is 0 Å². The van der Waals surface area contributed by atoms with E-state index in [1.54, 1.807) is 0 Å². The van der Waals surface area contributed by atoms with E-state index in [9.17, 15) is 14.6 Å². The van der Waals surface area contributed by atoms with Crippen molar-refractivity contribution in [1.82, 2.24) is 0 Å². The summed E-state index contributed by atoms with van der Waals surface area (Å²) in [6.45, 7) is -0.320. The van der Waals surface area contributed by atoms with Crippen LogP contribution in [0.3, 0.4) is 0 Å². The van der Waals surface area contributed by atoms with Crippen molar-refractivity contribution in [3.63, 3.8) is 0 Å². The summed E-state index contributed by atoms with van der Waals surface area (Å²) in [6, 6.07) is 0. The molecule has 4 N–H and O–H groups in total. The fourth-order valence-corrected chi connectivity index (χ4v) is 2.12. The van der Waals surface area contributed by atoms with E-state index >= 15 is 0 Å². The number of hydrogen-bond acceptors (Lipinski definition) is 4. The molecule has 9 heteroatoms. The molecule has 8 nitrogen and oxygen atoms in total. The maximum atomic E-state index is 11.6. The SMILES string of the molecule is CC(O)C[N+]([O-])(CC(=O)O)CP(=O)(O)O. The topological polar surface area (TPSA) is 138 Å². The van der Waals surface area contributed by atoms with E-state index in [4.69, 9.17) is 20.0 Å². The Morgan fingerprint density at radius 3 is 2.27 bits per heavy atom. The van der Waals surface area contributed by atoms with Gasteiger partial charge in [-0.25, -0.2) is 4.79 Å². The van der Waals surface area contributed by atoms with Gasteiger partial charge in [0.25, 0.3) is 0 Å². The van der Waals surface area contributed by atoms with Crippen molar-refractivity contribution in [3.05, 3.63) is 5.21 Å². The molecule has 0 saturated carbocycles. The van der Waals surface area contributed by atoms with Gasteiger partial charge < -0.3 is 29.9 Å². The number of nitrogens with zero attached hydrogens (tertiary/aromatic N) is 1. The van der Waals surface area contributed by atoms with Gasteiger partial charge in [-0.05, 0) is 6.92 Å². The third-order valence-electron chi connectivity index (χ3n) is 1.46. The fourth-order valence-electron chi connectivity index (χ4n) is 1.24. The first-order chi connectivity index (χ1) is 6.54. The minimum absolute atomic E-state index is 0.572. The van der Waals surface area contributed by atoms with E-state index < -0.39 is 43.7 Å². The van der Waals surface area contributed by atoms with Gasteiger partial charge in [-0.15, -0.1) is 0 Å². The number of carboxylic acids is 1. The second-order valence-electron chi connectivity index (χ2n) is 3.45. The van der Waals surface area contributed by atoms with Crippen LogP contribution in [0.5, 0.6) is 0 Å². The van der Waals surface area contributed by atoms with E-state index in [0.717, 1.165) is 0 Å². The van der Waals surface area contributed by atoms with Crippen LogP contribution in [0.2, 0.25) is 0 Å². The summed E-state index contributed by atoms with van der Waals surface area (Å²) in [7, 11) is -4.61. The largest absolute Gasteiger partial charge is 0.632 e. The van der Waals surface area contributed by atoms with Crippen molar-refractivity contribution in [2.45, 2.75) is 13.0 Å². The first-order valence-electron chi connectivity index (χ1n) is 4.06. The molecule has 0 spiro atoms. The molecule has 0 aromatic heterocycles. The van der Waals surface area contributed by atoms with Gasteiger partial charge >= 0.3 is 13.6 Å². The molecule has 0 saturated heterocycles. The summed E-state index contributed by atoms with van der Waals surface area (Å²) in [5.74, 6) is -1.47. The minimum atomic E-state index is -4.61. The minimum Gasteiger partial charge on any atom is -0.632 e. The number of carbonyl (C=O) groups is 1. The van der Waals surface area contributed by atoms with Gasteiger partial charge in [-0.1, -0.05) is 0 Å². The second kappa shape index (κ2) is 5.02. The summed E-state index contributed by atoms with van der Waals surface area (Å²) in [5.41, 5.74) is 0. The van der Waals surface area contributed by atoms with Crippen molar-refractivity contribution in [3.8, 4) is 0 Å². The zero-order valence-corrected chi connectivity index (χ0v) is 9.00. The molecule has 0 rings (SSSR count). The van der Waals surface area contributed by atoms with Crippen LogP contribution in [0.15, 0.2) is 0 Å². The van der Waals surface area contributed by atoms with E-state index in [1.165, 1.54) is 6.92 Å². The van der Waals surface area contributed by atoms with Crippen LogP contribution >= 0.6 is 7.60 Å². The highest BCUT2D eigenvalue weighted by molar-refractivity contribution is 7.51. The number of aliphatic hydroxyl groups is 1. The maximum Gasteiger partial charge on any atom is 0.379 e. The molecule has 2 unspecified atom stereocenters. The van der Waals surface area contributed by atoms with Crippen LogP contribution in [-0.4, -0.2) is 56.1 Å². The van der Waals surface area contributed by atoms with Crippen LogP contribution < -0.4 is 0 Å². The molecule has 0 aliphatic rings. The van der Waals surface area contributed by atoms with E-state index in [0.29, 0.717) is 0 Å². The average molecular weight is 243 g/mol. The standard InChI is InChI=1S/C6H14NO7P/c1-5(8)2-7(11,3-6(9)10)4-15(12,13)14/h5,8H,2-4H2,1H3,(H,9,10)(H2,12,13,14). The Hall–Kier alpha value is -0.500. The number of quaternary nitrogens is 1. The third kappa shape index (κ3) is 7.43. The van der Waals surface area contributed by atoms with Crippen LogP contribution in [0.25, 0.3) is 0 Å². The maximum absolute atomic E-state index is 11.6. The first-order valence-corrected chi connectivity index (χ1v) is 5.85. The molecule has 0 radical (unpaired) electrons. The lowest BCUT2D eigenvalue weighted by Gasteiger charge is -2.41. The van der Waals surface area contributed by atoms with Crippen LogP contribution in [0, 0.1) is 5.21 Å². The molecular formula is C6H14NO7P. The Morgan fingerprint density at radius 1 is 1.53 bits per heavy atom. The third-order valence-corrected chi connectivity index (χ3v) is 2.35. The second-order valence-corrected chi connectivity index (χ2v) is 5.06. The predicted molar refractivity (Wildman–Crippen MR) is 49.6 cm³/mol. The van der Waals surface area contributed by atoms with E-state index in [-0.39, 0.29) is 0 Å². The highest BCUT2D eigenvalue weighted by Crippen LogP contribution is 2.37. The van der Waals surface area contributed by atoms with Crippen molar-refractivity contribution < 1.29 is 34.0 Å². The number of rotatable bonds is 6. The first kappa shape index (κ1) is 14.5. The number of carboxylic acid groups (broad SMARTS) is 1. The van der Waals surface area contributed by atoms with Crippen molar-refractivity contribution in [1.29, 1.82) is 0 Å². The molecule has 15 heavy (non-hydrogen) atoms. The summed E-state index contributed by atoms with van der Waals surface area (Å²) < 4.78 is 8.97. The fraction of sp³-hybridized carbons (Fsp3) is 0.833. The molecule has 90 valence electrons. The van der Waals surface area contributed by atoms with Crippen LogP contribution in [0.1, 0.15) is 6.92 Å². The lowest BCUT2D eigenvalue weighted by Crippen LogP contribution is -2.50. The Bertz CT molecular complexity index is 275. The predicted octanol–water partition coefficient (Wildman–Crippen LogP) is -1.10. The highest BCUT2D eigenvalue weighted by atomic mass is 31.2. The van der Waals surface area contributed by atoms with E-state index in [1.807, 2.05) is 0 Å². The van der Waals surface area contributed by atoms with Crippen molar-refractivity contribution in [2.24, 2.45) is 0 Å². The summed E-state index contributed by atoms with van der Waals surface area (Å²) in [5, 5.41) is 29.0. The molecule has 0 aromatic rings. The Balaban J connectivity index is 4.69. The Kier molecular flexibility index (Phi) is 4.85. The number of aliphatic carboxylic acids is 1. The summed E-state index contributed by atoms with van der Waals surface area (Å²) in [4.78, 5) is 27.5. The normalized spacial score (nSPS) is 18.2. The number of aliphatic hydroxyl groups excluding tert-OH is 1. The van der Waals surface area contributed by atoms with Crippen LogP contribution in [0.4, 0.5) is 0 Å². The number of hydroxylamine groups is 3. The van der Waals surface area contributed by atoms with Gasteiger partial charge in [0.1, 0.15) is 12.6 Å². The molecule has 0 heterocycles. The monoisotopic (exact) mass is 243 g/mol. The van der Waals surface area contributed by atoms with Crippen LogP contribution in [-0.2, 0) is 9.36 Å². The summed E-state index contributed by atoms with van der Waals surface area (Å²) in [6.07, 6.45) is -2.28. The van der Waals surface area contributed by atoms with Gasteiger partial charge in [0.2, 0.25) is 0 Å². The smallest absolute Gasteiger partial charge is 0.379 e. The van der Waals surface area contributed by atoms with Gasteiger partial charge in [-0.3, -0.25) is 4.57 Å². The molecule has 0 aliphatic carbocycles. The lowest BCUT2D eigenvalue weighted by atomic mass is 10.3. The van der Waals surface area contributed by atoms with Gasteiger partial charge in [-0.2, -0.15) is 0 Å². The lowest BCUT2D eigenvalue weighted by molar-refractivity contribution is -0.865. The average Bonchev–Trinajstić information content (AvgIpc) is 1.73. The molecular weight excluding hydrogens is 229 g/mol. The molecule has 0 aliphatic heterocycles. The van der Waals surface area contributed by atoms with Gasteiger partial charge in [0, 0.05) is 0 Å². The number of hydrogen-bond donors (Lipinski definition) is 4. The highest BCUT2D eigenvalue weighted by Gasteiger charge is 2.31. The zero-order chi connectivity index (χ0) is 12.3. The van der Waals surface area contributed by atoms with Gasteiger partial charge in [0.15, 0.2) is 12.8 Å². The molecule has 0 amide bonds. The quantitative estimate of drug-likeness (QED) is 0.264. The molecule has 0 aromatic carbocycles. The molecule has 0 fully saturated rings. The van der Waals surface area contributed by atoms with E-state index in [2.05, 4.69) is 0 Å². The van der Waals surface area contributed by atoms with Crippen molar-refractivity contribution >= 4 is 13.6 Å².